The third kappa shape index (κ3) is 2.22. The fraction of sp³-hybridized carbons (Fsp3) is 0.583. The van der Waals surface area contributed by atoms with Crippen molar-refractivity contribution in [1.82, 2.24) is 4.57 Å². The molecule has 1 rings (SSSR count). The van der Waals surface area contributed by atoms with Crippen molar-refractivity contribution in [3.63, 3.8) is 0 Å². The average Bonchev–Trinajstić information content (AvgIpc) is 2.20. The summed E-state index contributed by atoms with van der Waals surface area (Å²) >= 11 is 0. The number of aromatic nitrogens is 1. The highest BCUT2D eigenvalue weighted by Gasteiger charge is 2.13. The van der Waals surface area contributed by atoms with Gasteiger partial charge in [0, 0.05) is 11.7 Å². The molecular formula is C12H20N2O. The third-order valence-electron chi connectivity index (χ3n) is 2.80. The normalized spacial score (nSPS) is 13.1. The van der Waals surface area contributed by atoms with Crippen LogP contribution >= 0.6 is 0 Å². The van der Waals surface area contributed by atoms with E-state index >= 15 is 0 Å². The largest absolute Gasteiger partial charge is 0.394 e. The molecule has 1 unspecified atom stereocenters. The maximum absolute atomic E-state index is 11.9. The molecule has 0 aromatic carbocycles. The number of nitrogens with two attached hydrogens (primary N) is 1. The molecule has 0 fully saturated rings. The number of rotatable bonds is 3. The third-order valence-corrected chi connectivity index (χ3v) is 2.80. The minimum absolute atomic E-state index is 0.0597. The summed E-state index contributed by atoms with van der Waals surface area (Å²) in [6.07, 6.45) is 0.934. The van der Waals surface area contributed by atoms with Gasteiger partial charge in [0.25, 0.3) is 5.56 Å². The SMILES string of the molecule is CCC(C)n1c(C(C)C)ccc(N)c1=O. The van der Waals surface area contributed by atoms with Crippen LogP contribution in [0.4, 0.5) is 5.69 Å². The lowest BCUT2D eigenvalue weighted by Gasteiger charge is -2.21. The maximum Gasteiger partial charge on any atom is 0.274 e. The Balaban J connectivity index is 3.42. The van der Waals surface area contributed by atoms with E-state index in [4.69, 9.17) is 5.73 Å². The Morgan fingerprint density at radius 2 is 1.93 bits per heavy atom. The Morgan fingerprint density at radius 1 is 1.33 bits per heavy atom. The van der Waals surface area contributed by atoms with Gasteiger partial charge in [-0.1, -0.05) is 20.8 Å². The van der Waals surface area contributed by atoms with Crippen LogP contribution in [0.15, 0.2) is 16.9 Å². The molecule has 0 saturated heterocycles. The molecule has 0 aliphatic rings. The number of pyridine rings is 1. The summed E-state index contributed by atoms with van der Waals surface area (Å²) in [5, 5.41) is 0. The van der Waals surface area contributed by atoms with Gasteiger partial charge in [0.2, 0.25) is 0 Å². The van der Waals surface area contributed by atoms with Crippen LogP contribution in [0.1, 0.15) is 51.8 Å². The zero-order valence-corrected chi connectivity index (χ0v) is 9.95. The Bertz CT molecular complexity index is 393. The van der Waals surface area contributed by atoms with Gasteiger partial charge in [-0.05, 0) is 31.4 Å². The van der Waals surface area contributed by atoms with E-state index in [1.807, 2.05) is 17.6 Å². The molecule has 0 saturated carbocycles. The summed E-state index contributed by atoms with van der Waals surface area (Å²) in [4.78, 5) is 11.9. The molecular weight excluding hydrogens is 188 g/mol. The van der Waals surface area contributed by atoms with Gasteiger partial charge >= 0.3 is 0 Å². The van der Waals surface area contributed by atoms with Crippen molar-refractivity contribution in [2.75, 3.05) is 5.73 Å². The van der Waals surface area contributed by atoms with Crippen LogP contribution in [0.5, 0.6) is 0 Å². The summed E-state index contributed by atoms with van der Waals surface area (Å²) in [6.45, 7) is 8.30. The van der Waals surface area contributed by atoms with E-state index in [1.165, 1.54) is 0 Å². The van der Waals surface area contributed by atoms with Crippen LogP contribution in [-0.4, -0.2) is 4.57 Å². The molecule has 0 bridgehead atoms. The number of hydrogen-bond acceptors (Lipinski definition) is 2. The van der Waals surface area contributed by atoms with Crippen molar-refractivity contribution < 1.29 is 0 Å². The van der Waals surface area contributed by atoms with E-state index < -0.39 is 0 Å². The second kappa shape index (κ2) is 4.51. The Kier molecular flexibility index (Phi) is 3.56. The van der Waals surface area contributed by atoms with Gasteiger partial charge in [-0.15, -0.1) is 0 Å². The molecule has 0 spiro atoms. The molecule has 0 aliphatic carbocycles. The summed E-state index contributed by atoms with van der Waals surface area (Å²) in [7, 11) is 0. The van der Waals surface area contributed by atoms with E-state index in [9.17, 15) is 4.79 Å². The van der Waals surface area contributed by atoms with Crippen molar-refractivity contribution in [3.8, 4) is 0 Å². The molecule has 2 N–H and O–H groups in total. The maximum atomic E-state index is 11.9. The molecule has 15 heavy (non-hydrogen) atoms. The number of nitrogen functional groups attached to an aromatic ring is 1. The topological polar surface area (TPSA) is 48.0 Å². The zero-order chi connectivity index (χ0) is 11.6. The summed E-state index contributed by atoms with van der Waals surface area (Å²) in [5.74, 6) is 0.340. The molecule has 1 atom stereocenters. The Labute approximate surface area is 90.9 Å². The van der Waals surface area contributed by atoms with Crippen molar-refractivity contribution in [2.45, 2.75) is 46.1 Å². The molecule has 1 aromatic rings. The Hall–Kier alpha value is -1.25. The second-order valence-electron chi connectivity index (χ2n) is 4.30. The van der Waals surface area contributed by atoms with Crippen molar-refractivity contribution >= 4 is 5.69 Å². The average molecular weight is 208 g/mol. The molecule has 0 aliphatic heterocycles. The first-order valence-electron chi connectivity index (χ1n) is 5.49. The number of hydrogen-bond donors (Lipinski definition) is 1. The van der Waals surface area contributed by atoms with Crippen molar-refractivity contribution in [1.29, 1.82) is 0 Å². The van der Waals surface area contributed by atoms with Gasteiger partial charge < -0.3 is 10.3 Å². The van der Waals surface area contributed by atoms with E-state index in [0.717, 1.165) is 12.1 Å². The summed E-state index contributed by atoms with van der Waals surface area (Å²) in [5.41, 5.74) is 6.98. The van der Waals surface area contributed by atoms with Crippen LogP contribution in [0.3, 0.4) is 0 Å². The summed E-state index contributed by atoms with van der Waals surface area (Å²) < 4.78 is 1.82. The molecule has 3 heteroatoms. The second-order valence-corrected chi connectivity index (χ2v) is 4.30. The number of anilines is 1. The first kappa shape index (κ1) is 11.8. The van der Waals surface area contributed by atoms with Gasteiger partial charge in [-0.25, -0.2) is 0 Å². The quantitative estimate of drug-likeness (QED) is 0.829. The predicted octanol–water partition coefficient (Wildman–Crippen LogP) is 2.52. The van der Waals surface area contributed by atoms with Crippen LogP contribution in [0.25, 0.3) is 0 Å². The molecule has 1 aromatic heterocycles. The first-order valence-corrected chi connectivity index (χ1v) is 5.49. The molecule has 84 valence electrons. The number of nitrogens with zero attached hydrogens (tertiary/aromatic N) is 1. The van der Waals surface area contributed by atoms with E-state index in [-0.39, 0.29) is 11.6 Å². The fourth-order valence-electron chi connectivity index (χ4n) is 1.69. The first-order chi connectivity index (χ1) is 6.99. The van der Waals surface area contributed by atoms with Gasteiger partial charge in [0.1, 0.15) is 0 Å². The van der Waals surface area contributed by atoms with Gasteiger partial charge in [-0.2, -0.15) is 0 Å². The van der Waals surface area contributed by atoms with Crippen LogP contribution < -0.4 is 11.3 Å². The minimum Gasteiger partial charge on any atom is -0.394 e. The smallest absolute Gasteiger partial charge is 0.274 e. The lowest BCUT2D eigenvalue weighted by Crippen LogP contribution is -2.28. The zero-order valence-electron chi connectivity index (χ0n) is 9.95. The molecule has 3 nitrogen and oxygen atoms in total. The van der Waals surface area contributed by atoms with E-state index in [2.05, 4.69) is 20.8 Å². The van der Waals surface area contributed by atoms with Gasteiger partial charge in [0.05, 0.1) is 5.69 Å². The lowest BCUT2D eigenvalue weighted by molar-refractivity contribution is 0.485. The highest BCUT2D eigenvalue weighted by atomic mass is 16.1. The highest BCUT2D eigenvalue weighted by molar-refractivity contribution is 5.36. The standard InChI is InChI=1S/C12H20N2O/c1-5-9(4)14-11(8(2)3)7-6-10(13)12(14)15/h6-9H,5,13H2,1-4H3. The lowest BCUT2D eigenvalue weighted by atomic mass is 10.1. The summed E-state index contributed by atoms with van der Waals surface area (Å²) in [6, 6.07) is 3.86. The van der Waals surface area contributed by atoms with Crippen molar-refractivity contribution in [2.24, 2.45) is 0 Å². The highest BCUT2D eigenvalue weighted by Crippen LogP contribution is 2.19. The van der Waals surface area contributed by atoms with Gasteiger partial charge in [0.15, 0.2) is 0 Å². The van der Waals surface area contributed by atoms with Gasteiger partial charge in [-0.3, -0.25) is 4.79 Å². The monoisotopic (exact) mass is 208 g/mol. The predicted molar refractivity (Wildman–Crippen MR) is 64.2 cm³/mol. The van der Waals surface area contributed by atoms with E-state index in [0.29, 0.717) is 11.6 Å². The molecule has 1 heterocycles. The molecule has 0 radical (unpaired) electrons. The fourth-order valence-corrected chi connectivity index (χ4v) is 1.69. The molecule has 0 amide bonds. The van der Waals surface area contributed by atoms with E-state index in [1.54, 1.807) is 6.07 Å². The minimum atomic E-state index is -0.0597. The van der Waals surface area contributed by atoms with Crippen molar-refractivity contribution in [3.05, 3.63) is 28.2 Å². The van der Waals surface area contributed by atoms with Crippen LogP contribution in [-0.2, 0) is 0 Å². The van der Waals surface area contributed by atoms with Crippen LogP contribution in [0, 0.1) is 0 Å². The van der Waals surface area contributed by atoms with Crippen LogP contribution in [0.2, 0.25) is 0 Å². The Morgan fingerprint density at radius 3 is 2.40 bits per heavy atom.